The van der Waals surface area contributed by atoms with Gasteiger partial charge in [-0.05, 0) is 24.6 Å². The molecule has 104 valence electrons. The number of rotatable bonds is 4. The normalized spacial score (nSPS) is 16.0. The summed E-state index contributed by atoms with van der Waals surface area (Å²) in [6.45, 7) is 1.82. The lowest BCUT2D eigenvalue weighted by Crippen LogP contribution is -2.31. The second-order valence-electron chi connectivity index (χ2n) is 3.91. The molecule has 1 aliphatic heterocycles. The van der Waals surface area contributed by atoms with Gasteiger partial charge in [0.15, 0.2) is 11.5 Å². The van der Waals surface area contributed by atoms with Crippen LogP contribution in [0.4, 0.5) is 4.39 Å². The highest BCUT2D eigenvalue weighted by Crippen LogP contribution is 2.39. The van der Waals surface area contributed by atoms with Gasteiger partial charge in [0, 0.05) is 4.47 Å². The average Bonchev–Trinajstić information content (AvgIpc) is 2.83. The van der Waals surface area contributed by atoms with Crippen LogP contribution in [0.5, 0.6) is 11.5 Å². The Morgan fingerprint density at radius 2 is 2.16 bits per heavy atom. The molecule has 0 aromatic heterocycles. The van der Waals surface area contributed by atoms with Crippen LogP contribution in [0.3, 0.4) is 0 Å². The molecule has 5 nitrogen and oxygen atoms in total. The second kappa shape index (κ2) is 5.75. The Labute approximate surface area is 117 Å². The van der Waals surface area contributed by atoms with Crippen LogP contribution in [0.15, 0.2) is 16.6 Å². The van der Waals surface area contributed by atoms with Crippen LogP contribution in [0.25, 0.3) is 0 Å². The molecule has 2 rings (SSSR count). The summed E-state index contributed by atoms with van der Waals surface area (Å²) >= 11 is 3.27. The topological polar surface area (TPSA) is 70.8 Å². The van der Waals surface area contributed by atoms with Crippen molar-refractivity contribution in [1.29, 1.82) is 0 Å². The fourth-order valence-corrected chi connectivity index (χ4v) is 2.30. The first kappa shape index (κ1) is 14.1. The van der Waals surface area contributed by atoms with Crippen molar-refractivity contribution in [3.63, 3.8) is 0 Å². The number of fused-ring (bicyclic) bond motifs is 1. The van der Waals surface area contributed by atoms with E-state index in [4.69, 9.17) is 15.2 Å². The Balaban J connectivity index is 2.24. The maximum absolute atomic E-state index is 13.9. The minimum atomic E-state index is -1.93. The molecule has 2 atom stereocenters. The van der Waals surface area contributed by atoms with Gasteiger partial charge >= 0.3 is 5.97 Å². The standard InChI is InChI=1S/C12H13BrFNO4/c1-2-17-12(16)10(14)11(15)6-3-8-9(4-7(6)13)19-5-18-8/h3-4,10-11H,2,5,15H2,1H3/t10?,11-/m0/s1. The zero-order valence-electron chi connectivity index (χ0n) is 10.2. The fourth-order valence-electron chi connectivity index (χ4n) is 1.71. The monoisotopic (exact) mass is 333 g/mol. The zero-order valence-corrected chi connectivity index (χ0v) is 11.8. The van der Waals surface area contributed by atoms with Crippen molar-refractivity contribution in [3.8, 4) is 11.5 Å². The number of nitrogens with two attached hydrogens (primary N) is 1. The summed E-state index contributed by atoms with van der Waals surface area (Å²) in [4.78, 5) is 11.4. The van der Waals surface area contributed by atoms with E-state index in [1.165, 1.54) is 0 Å². The Bertz CT molecular complexity index is 497. The van der Waals surface area contributed by atoms with Crippen LogP contribution in [-0.2, 0) is 9.53 Å². The highest BCUT2D eigenvalue weighted by Gasteiger charge is 2.30. The number of alkyl halides is 1. The van der Waals surface area contributed by atoms with E-state index in [-0.39, 0.29) is 13.4 Å². The van der Waals surface area contributed by atoms with Crippen molar-refractivity contribution in [3.05, 3.63) is 22.2 Å². The number of carbonyl (C=O) groups is 1. The zero-order chi connectivity index (χ0) is 14.0. The summed E-state index contributed by atoms with van der Waals surface area (Å²) in [5.41, 5.74) is 6.18. The molecule has 0 saturated carbocycles. The van der Waals surface area contributed by atoms with Crippen LogP contribution in [0.1, 0.15) is 18.5 Å². The van der Waals surface area contributed by atoms with Gasteiger partial charge in [0.1, 0.15) is 0 Å². The summed E-state index contributed by atoms with van der Waals surface area (Å²) in [5.74, 6) is 0.0543. The predicted molar refractivity (Wildman–Crippen MR) is 68.7 cm³/mol. The van der Waals surface area contributed by atoms with E-state index >= 15 is 0 Å². The van der Waals surface area contributed by atoms with Crippen molar-refractivity contribution in [2.24, 2.45) is 5.73 Å². The number of halogens is 2. The van der Waals surface area contributed by atoms with Gasteiger partial charge in [0.25, 0.3) is 0 Å². The summed E-state index contributed by atoms with van der Waals surface area (Å²) in [7, 11) is 0. The van der Waals surface area contributed by atoms with Crippen molar-refractivity contribution in [2.45, 2.75) is 19.1 Å². The fraction of sp³-hybridized carbons (Fsp3) is 0.417. The minimum Gasteiger partial charge on any atom is -0.464 e. The van der Waals surface area contributed by atoms with Crippen LogP contribution in [-0.4, -0.2) is 25.5 Å². The van der Waals surface area contributed by atoms with E-state index in [0.29, 0.717) is 21.5 Å². The maximum Gasteiger partial charge on any atom is 0.342 e. The third kappa shape index (κ3) is 2.82. The van der Waals surface area contributed by atoms with Gasteiger partial charge in [-0.25, -0.2) is 9.18 Å². The van der Waals surface area contributed by atoms with Gasteiger partial charge in [-0.15, -0.1) is 0 Å². The highest BCUT2D eigenvalue weighted by atomic mass is 79.9. The molecule has 0 amide bonds. The van der Waals surface area contributed by atoms with E-state index in [0.717, 1.165) is 0 Å². The quantitative estimate of drug-likeness (QED) is 0.854. The molecular weight excluding hydrogens is 321 g/mol. The van der Waals surface area contributed by atoms with Gasteiger partial charge in [0.2, 0.25) is 13.0 Å². The van der Waals surface area contributed by atoms with Crippen molar-refractivity contribution in [1.82, 2.24) is 0 Å². The number of hydrogen-bond donors (Lipinski definition) is 1. The van der Waals surface area contributed by atoms with Gasteiger partial charge in [0.05, 0.1) is 12.6 Å². The maximum atomic E-state index is 13.9. The van der Waals surface area contributed by atoms with Crippen LogP contribution < -0.4 is 15.2 Å². The second-order valence-corrected chi connectivity index (χ2v) is 4.76. The molecule has 1 aromatic rings. The van der Waals surface area contributed by atoms with E-state index in [1.54, 1.807) is 19.1 Å². The lowest BCUT2D eigenvalue weighted by molar-refractivity contribution is -0.149. The van der Waals surface area contributed by atoms with E-state index in [2.05, 4.69) is 20.7 Å². The Hall–Kier alpha value is -1.34. The molecule has 0 fully saturated rings. The summed E-state index contributed by atoms with van der Waals surface area (Å²) in [6.07, 6.45) is -1.93. The molecule has 0 bridgehead atoms. The lowest BCUT2D eigenvalue weighted by Gasteiger charge is -2.17. The smallest absolute Gasteiger partial charge is 0.342 e. The molecule has 1 aliphatic rings. The van der Waals surface area contributed by atoms with Gasteiger partial charge < -0.3 is 19.9 Å². The number of benzene rings is 1. The molecule has 1 unspecified atom stereocenters. The molecule has 2 N–H and O–H groups in total. The molecule has 0 saturated heterocycles. The van der Waals surface area contributed by atoms with E-state index < -0.39 is 18.2 Å². The minimum absolute atomic E-state index is 0.105. The summed E-state index contributed by atoms with van der Waals surface area (Å²) in [5, 5.41) is 0. The molecule has 0 radical (unpaired) electrons. The molecule has 0 spiro atoms. The molecular formula is C12H13BrFNO4. The van der Waals surface area contributed by atoms with Crippen molar-refractivity contribution in [2.75, 3.05) is 13.4 Å². The Morgan fingerprint density at radius 1 is 1.53 bits per heavy atom. The van der Waals surface area contributed by atoms with Crippen LogP contribution >= 0.6 is 15.9 Å². The van der Waals surface area contributed by atoms with Crippen LogP contribution in [0.2, 0.25) is 0 Å². The molecule has 7 heteroatoms. The molecule has 19 heavy (non-hydrogen) atoms. The largest absolute Gasteiger partial charge is 0.464 e. The molecule has 0 aliphatic carbocycles. The first-order chi connectivity index (χ1) is 9.04. The number of ether oxygens (including phenoxy) is 3. The average molecular weight is 334 g/mol. The lowest BCUT2D eigenvalue weighted by atomic mass is 10.0. The first-order valence-corrected chi connectivity index (χ1v) is 6.49. The number of carbonyl (C=O) groups excluding carboxylic acids is 1. The summed E-state index contributed by atoms with van der Waals surface area (Å²) in [6, 6.07) is 2.06. The number of esters is 1. The van der Waals surface area contributed by atoms with Gasteiger partial charge in [-0.2, -0.15) is 0 Å². The third-order valence-electron chi connectivity index (χ3n) is 2.68. The first-order valence-electron chi connectivity index (χ1n) is 5.70. The third-order valence-corrected chi connectivity index (χ3v) is 3.36. The van der Waals surface area contributed by atoms with Crippen molar-refractivity contribution >= 4 is 21.9 Å². The molecule has 1 heterocycles. The Kier molecular flexibility index (Phi) is 4.26. The number of hydrogen-bond acceptors (Lipinski definition) is 5. The SMILES string of the molecule is CCOC(=O)C(F)[C@@H](N)c1cc2c(cc1Br)OCO2. The van der Waals surface area contributed by atoms with E-state index in [1.807, 2.05) is 0 Å². The van der Waals surface area contributed by atoms with E-state index in [9.17, 15) is 9.18 Å². The highest BCUT2D eigenvalue weighted by molar-refractivity contribution is 9.10. The van der Waals surface area contributed by atoms with Gasteiger partial charge in [-0.3, -0.25) is 0 Å². The van der Waals surface area contributed by atoms with Gasteiger partial charge in [-0.1, -0.05) is 15.9 Å². The summed E-state index contributed by atoms with van der Waals surface area (Å²) < 4.78 is 29.4. The molecule has 1 aromatic carbocycles. The van der Waals surface area contributed by atoms with Crippen molar-refractivity contribution < 1.29 is 23.4 Å². The Morgan fingerprint density at radius 3 is 2.79 bits per heavy atom. The van der Waals surface area contributed by atoms with Crippen LogP contribution in [0, 0.1) is 0 Å². The predicted octanol–water partition coefficient (Wildman–Crippen LogP) is 2.08.